The highest BCUT2D eigenvalue weighted by atomic mass is 32.2. The number of aromatic nitrogens is 1. The Labute approximate surface area is 130 Å². The van der Waals surface area contributed by atoms with Crippen LogP contribution in [-0.2, 0) is 0 Å². The van der Waals surface area contributed by atoms with Gasteiger partial charge in [-0.2, -0.15) is 0 Å². The summed E-state index contributed by atoms with van der Waals surface area (Å²) in [5, 5.41) is 0.509. The van der Waals surface area contributed by atoms with Gasteiger partial charge in [-0.1, -0.05) is 26.0 Å². The third kappa shape index (κ3) is 3.97. The maximum atomic E-state index is 4.42. The van der Waals surface area contributed by atoms with Crippen LogP contribution in [0.25, 0.3) is 10.6 Å². The third-order valence-electron chi connectivity index (χ3n) is 3.05. The van der Waals surface area contributed by atoms with E-state index in [9.17, 15) is 0 Å². The molecule has 1 unspecified atom stereocenters. The number of thiophene rings is 1. The van der Waals surface area contributed by atoms with Crippen LogP contribution >= 0.6 is 23.1 Å². The van der Waals surface area contributed by atoms with Crippen LogP contribution in [0.4, 0.5) is 0 Å². The molecule has 0 saturated heterocycles. The van der Waals surface area contributed by atoms with E-state index >= 15 is 0 Å². The molecule has 20 heavy (non-hydrogen) atoms. The molecule has 2 aromatic heterocycles. The maximum absolute atomic E-state index is 4.42. The fraction of sp³-hybridized carbons (Fsp3) is 0.353. The summed E-state index contributed by atoms with van der Waals surface area (Å²) in [6, 6.07) is 10.5. The Morgan fingerprint density at radius 2 is 2.15 bits per heavy atom. The summed E-state index contributed by atoms with van der Waals surface area (Å²) in [4.78, 5) is 8.59. The van der Waals surface area contributed by atoms with Gasteiger partial charge >= 0.3 is 0 Å². The number of pyridine rings is 1. The molecule has 1 nitrogen and oxygen atoms in total. The monoisotopic (exact) mass is 303 g/mol. The SMILES string of the molecule is CC/C=C(/CC)SC(C)c1ccc(-c2ccccn2)s1. The largest absolute Gasteiger partial charge is 0.255 e. The van der Waals surface area contributed by atoms with E-state index in [2.05, 4.69) is 50.0 Å². The summed E-state index contributed by atoms with van der Waals surface area (Å²) in [6.07, 6.45) is 6.44. The van der Waals surface area contributed by atoms with E-state index in [0.29, 0.717) is 5.25 Å². The van der Waals surface area contributed by atoms with Crippen LogP contribution in [0.1, 0.15) is 43.7 Å². The normalized spacial score (nSPS) is 13.4. The first-order chi connectivity index (χ1) is 9.74. The van der Waals surface area contributed by atoms with Gasteiger partial charge in [0.25, 0.3) is 0 Å². The topological polar surface area (TPSA) is 12.9 Å². The van der Waals surface area contributed by atoms with E-state index in [1.165, 1.54) is 14.7 Å². The van der Waals surface area contributed by atoms with Crippen LogP contribution in [0.3, 0.4) is 0 Å². The molecule has 0 radical (unpaired) electrons. The zero-order chi connectivity index (χ0) is 14.4. The van der Waals surface area contributed by atoms with Crippen LogP contribution in [0.15, 0.2) is 47.5 Å². The Kier molecular flexibility index (Phi) is 5.86. The maximum Gasteiger partial charge on any atom is 0.0801 e. The van der Waals surface area contributed by atoms with Gasteiger partial charge in [0.15, 0.2) is 0 Å². The van der Waals surface area contributed by atoms with Gasteiger partial charge in [0.2, 0.25) is 0 Å². The first kappa shape index (κ1) is 15.3. The van der Waals surface area contributed by atoms with Crippen LogP contribution in [0.5, 0.6) is 0 Å². The standard InChI is InChI=1S/C17H21NS2/c1-4-8-14(5-2)19-13(3)16-10-11-17(20-16)15-9-6-7-12-18-15/h6-13H,4-5H2,1-3H3/b14-8-. The van der Waals surface area contributed by atoms with E-state index in [0.717, 1.165) is 18.5 Å². The molecule has 2 aromatic rings. The predicted octanol–water partition coefficient (Wildman–Crippen LogP) is 6.31. The molecule has 0 fully saturated rings. The Morgan fingerprint density at radius 3 is 2.80 bits per heavy atom. The molecule has 0 bridgehead atoms. The molecule has 0 aliphatic heterocycles. The van der Waals surface area contributed by atoms with Gasteiger partial charge in [-0.15, -0.1) is 23.1 Å². The van der Waals surface area contributed by atoms with Crippen molar-refractivity contribution in [3.05, 3.63) is 52.4 Å². The Balaban J connectivity index is 2.11. The summed E-state index contributed by atoms with van der Waals surface area (Å²) < 4.78 is 0. The molecule has 0 amide bonds. The fourth-order valence-electron chi connectivity index (χ4n) is 2.01. The smallest absolute Gasteiger partial charge is 0.0801 e. The van der Waals surface area contributed by atoms with Crippen molar-refractivity contribution < 1.29 is 0 Å². The molecule has 0 spiro atoms. The number of nitrogens with zero attached hydrogens (tertiary/aromatic N) is 1. The quantitative estimate of drug-likeness (QED) is 0.620. The van der Waals surface area contributed by atoms with Gasteiger partial charge in [0, 0.05) is 16.3 Å². The minimum atomic E-state index is 0.509. The molecular weight excluding hydrogens is 282 g/mol. The second-order valence-corrected chi connectivity index (χ2v) is 7.19. The minimum absolute atomic E-state index is 0.509. The minimum Gasteiger partial charge on any atom is -0.255 e. The van der Waals surface area contributed by atoms with Gasteiger partial charge in [0.1, 0.15) is 0 Å². The number of hydrogen-bond donors (Lipinski definition) is 0. The average Bonchev–Trinajstić information content (AvgIpc) is 2.97. The summed E-state index contributed by atoms with van der Waals surface area (Å²) in [5.41, 5.74) is 1.07. The first-order valence-electron chi connectivity index (χ1n) is 7.11. The van der Waals surface area contributed by atoms with Crippen molar-refractivity contribution in [1.82, 2.24) is 4.98 Å². The zero-order valence-corrected chi connectivity index (χ0v) is 13.9. The van der Waals surface area contributed by atoms with Gasteiger partial charge in [0.05, 0.1) is 10.6 Å². The molecule has 1 atom stereocenters. The highest BCUT2D eigenvalue weighted by Crippen LogP contribution is 2.40. The van der Waals surface area contributed by atoms with Crippen LogP contribution in [0, 0.1) is 0 Å². The Bertz CT molecular complexity index is 557. The van der Waals surface area contributed by atoms with Gasteiger partial charge in [-0.3, -0.25) is 4.98 Å². The molecule has 0 aliphatic carbocycles. The van der Waals surface area contributed by atoms with Crippen molar-refractivity contribution in [2.75, 3.05) is 0 Å². The van der Waals surface area contributed by atoms with Gasteiger partial charge in [-0.05, 0) is 48.9 Å². The number of rotatable bonds is 6. The second kappa shape index (κ2) is 7.65. The van der Waals surface area contributed by atoms with Crippen molar-refractivity contribution in [2.24, 2.45) is 0 Å². The Hall–Kier alpha value is -1.06. The summed E-state index contributed by atoms with van der Waals surface area (Å²) in [5.74, 6) is 0. The molecule has 3 heteroatoms. The number of thioether (sulfide) groups is 1. The molecule has 106 valence electrons. The molecular formula is C17H21NS2. The summed E-state index contributed by atoms with van der Waals surface area (Å²) >= 11 is 3.84. The third-order valence-corrected chi connectivity index (χ3v) is 5.86. The summed E-state index contributed by atoms with van der Waals surface area (Å²) in [6.45, 7) is 6.72. The first-order valence-corrected chi connectivity index (χ1v) is 8.81. The summed E-state index contributed by atoms with van der Waals surface area (Å²) in [7, 11) is 0. The van der Waals surface area contributed by atoms with Crippen molar-refractivity contribution in [1.29, 1.82) is 0 Å². The molecule has 2 heterocycles. The average molecular weight is 303 g/mol. The van der Waals surface area contributed by atoms with Crippen molar-refractivity contribution >= 4 is 23.1 Å². The van der Waals surface area contributed by atoms with Crippen LogP contribution < -0.4 is 0 Å². The second-order valence-electron chi connectivity index (χ2n) is 4.61. The van der Waals surface area contributed by atoms with Crippen LogP contribution in [-0.4, -0.2) is 4.98 Å². The highest BCUT2D eigenvalue weighted by molar-refractivity contribution is 8.03. The van der Waals surface area contributed by atoms with E-state index in [1.54, 1.807) is 0 Å². The molecule has 2 rings (SSSR count). The molecule has 0 aliphatic rings. The van der Waals surface area contributed by atoms with E-state index < -0.39 is 0 Å². The van der Waals surface area contributed by atoms with Crippen molar-refractivity contribution in [2.45, 2.75) is 38.9 Å². The van der Waals surface area contributed by atoms with Crippen molar-refractivity contribution in [3.63, 3.8) is 0 Å². The number of hydrogen-bond acceptors (Lipinski definition) is 3. The lowest BCUT2D eigenvalue weighted by Gasteiger charge is -2.11. The van der Waals surface area contributed by atoms with Crippen molar-refractivity contribution in [3.8, 4) is 10.6 Å². The van der Waals surface area contributed by atoms with Crippen LogP contribution in [0.2, 0.25) is 0 Å². The lowest BCUT2D eigenvalue weighted by molar-refractivity contribution is 1.11. The Morgan fingerprint density at radius 1 is 1.30 bits per heavy atom. The molecule has 0 N–H and O–H groups in total. The fourth-order valence-corrected chi connectivity index (χ4v) is 4.29. The lowest BCUT2D eigenvalue weighted by Crippen LogP contribution is -1.85. The van der Waals surface area contributed by atoms with E-state index in [4.69, 9.17) is 0 Å². The van der Waals surface area contributed by atoms with Gasteiger partial charge in [-0.25, -0.2) is 0 Å². The molecule has 0 aromatic carbocycles. The molecule has 0 saturated carbocycles. The van der Waals surface area contributed by atoms with E-state index in [-0.39, 0.29) is 0 Å². The predicted molar refractivity (Wildman–Crippen MR) is 92.2 cm³/mol. The lowest BCUT2D eigenvalue weighted by atomic mass is 10.3. The van der Waals surface area contributed by atoms with E-state index in [1.807, 2.05) is 41.4 Å². The zero-order valence-electron chi connectivity index (χ0n) is 12.3. The number of allylic oxidation sites excluding steroid dienone is 2. The van der Waals surface area contributed by atoms with Gasteiger partial charge < -0.3 is 0 Å². The highest BCUT2D eigenvalue weighted by Gasteiger charge is 2.12.